The lowest BCUT2D eigenvalue weighted by molar-refractivity contribution is -0.180. The minimum atomic E-state index is -1.02. The molecule has 0 spiro atoms. The largest absolute Gasteiger partial charge is 0.457 e. The summed E-state index contributed by atoms with van der Waals surface area (Å²) in [5.74, 6) is 4.36. The smallest absolute Gasteiger partial charge is 0.327 e. The van der Waals surface area contributed by atoms with Crippen LogP contribution in [0.15, 0.2) is 61.1 Å². The molecule has 5 rings (SSSR count). The van der Waals surface area contributed by atoms with Crippen molar-refractivity contribution in [3.63, 3.8) is 0 Å². The van der Waals surface area contributed by atoms with Gasteiger partial charge in [-0.1, -0.05) is 24.3 Å². The van der Waals surface area contributed by atoms with Crippen LogP contribution in [-0.2, 0) is 30.3 Å². The van der Waals surface area contributed by atoms with E-state index in [1.807, 2.05) is 30.3 Å². The number of aromatic nitrogens is 2. The first-order valence-corrected chi connectivity index (χ1v) is 15.1. The monoisotopic (exact) mass is 613 g/mol. The number of carbonyl (C=O) groups is 4. The second kappa shape index (κ2) is 13.1. The first-order chi connectivity index (χ1) is 21.4. The van der Waals surface area contributed by atoms with Crippen LogP contribution in [0, 0.1) is 5.41 Å². The number of hydrogen-bond acceptors (Lipinski definition) is 9. The van der Waals surface area contributed by atoms with Gasteiger partial charge in [0.1, 0.15) is 24.2 Å². The first kappa shape index (κ1) is 31.7. The summed E-state index contributed by atoms with van der Waals surface area (Å²) in [4.78, 5) is 62.7. The van der Waals surface area contributed by atoms with E-state index in [0.717, 1.165) is 27.0 Å². The predicted molar refractivity (Wildman–Crippen MR) is 167 cm³/mol. The van der Waals surface area contributed by atoms with Gasteiger partial charge in [-0.25, -0.2) is 5.84 Å². The highest BCUT2D eigenvalue weighted by Crippen LogP contribution is 2.26. The van der Waals surface area contributed by atoms with Gasteiger partial charge in [0.05, 0.1) is 11.1 Å². The van der Waals surface area contributed by atoms with Gasteiger partial charge in [0.2, 0.25) is 11.8 Å². The average Bonchev–Trinajstić information content (AvgIpc) is 3.02. The maximum absolute atomic E-state index is 13.6. The fraction of sp³-hybridized carbons (Fsp3) is 0.394. The first-order valence-electron chi connectivity index (χ1n) is 15.1. The Labute approximate surface area is 262 Å². The zero-order valence-corrected chi connectivity index (χ0v) is 25.9. The molecule has 1 fully saturated rings. The molecule has 1 saturated heterocycles. The van der Waals surface area contributed by atoms with Crippen molar-refractivity contribution < 1.29 is 23.9 Å². The number of nitrogens with one attached hydrogen (secondary N) is 2. The Morgan fingerprint density at radius 3 is 2.60 bits per heavy atom. The number of hydrazine groups is 2. The number of amides is 3. The molecule has 4 atom stereocenters. The summed E-state index contributed by atoms with van der Waals surface area (Å²) in [6, 6.07) is 8.28. The lowest BCUT2D eigenvalue weighted by Crippen LogP contribution is -2.64. The summed E-state index contributed by atoms with van der Waals surface area (Å²) in [7, 11) is 0. The van der Waals surface area contributed by atoms with E-state index in [4.69, 9.17) is 10.6 Å². The molecule has 4 heterocycles. The quantitative estimate of drug-likeness (QED) is 0.292. The Kier molecular flexibility index (Phi) is 9.26. The summed E-state index contributed by atoms with van der Waals surface area (Å²) in [6.45, 7) is 7.09. The lowest BCUT2D eigenvalue weighted by Gasteiger charge is -2.41. The molecular weight excluding hydrogens is 574 g/mol. The predicted octanol–water partition coefficient (Wildman–Crippen LogP) is 2.60. The number of nitrogens with two attached hydrogens (primary N) is 1. The number of nitrogens with zero attached hydrogens (tertiary/aromatic N) is 4. The van der Waals surface area contributed by atoms with Crippen LogP contribution in [0.3, 0.4) is 0 Å². The van der Waals surface area contributed by atoms with Gasteiger partial charge < -0.3 is 15.4 Å². The molecule has 2 aromatic heterocycles. The van der Waals surface area contributed by atoms with E-state index in [1.165, 1.54) is 5.01 Å². The van der Waals surface area contributed by atoms with Crippen LogP contribution in [0.25, 0.3) is 16.8 Å². The maximum atomic E-state index is 13.6. The van der Waals surface area contributed by atoms with E-state index in [9.17, 15) is 19.2 Å². The third-order valence-electron chi connectivity index (χ3n) is 8.27. The van der Waals surface area contributed by atoms with E-state index < -0.39 is 47.4 Å². The van der Waals surface area contributed by atoms with E-state index in [1.54, 1.807) is 64.5 Å². The second-order valence-corrected chi connectivity index (χ2v) is 12.2. The van der Waals surface area contributed by atoms with Crippen LogP contribution in [0.4, 0.5) is 0 Å². The van der Waals surface area contributed by atoms with Gasteiger partial charge in [0.25, 0.3) is 5.91 Å². The van der Waals surface area contributed by atoms with Gasteiger partial charge in [-0.2, -0.15) is 0 Å². The number of rotatable bonds is 2. The number of pyridine rings is 2. The summed E-state index contributed by atoms with van der Waals surface area (Å²) in [6.07, 6.45) is 8.97. The fourth-order valence-corrected chi connectivity index (χ4v) is 5.42. The topological polar surface area (TPSA) is 160 Å². The number of benzene rings is 1. The number of esters is 1. The summed E-state index contributed by atoms with van der Waals surface area (Å²) >= 11 is 0. The molecule has 0 saturated carbocycles. The van der Waals surface area contributed by atoms with Gasteiger partial charge in [0, 0.05) is 36.9 Å². The highest BCUT2D eigenvalue weighted by Gasteiger charge is 2.39. The van der Waals surface area contributed by atoms with Crippen molar-refractivity contribution in [1.82, 2.24) is 30.7 Å². The van der Waals surface area contributed by atoms with Gasteiger partial charge in [-0.05, 0) is 81.3 Å². The molecule has 45 heavy (non-hydrogen) atoms. The van der Waals surface area contributed by atoms with Crippen molar-refractivity contribution >= 4 is 40.5 Å². The van der Waals surface area contributed by atoms with Crippen molar-refractivity contribution in [2.24, 2.45) is 11.3 Å². The zero-order chi connectivity index (χ0) is 32.3. The number of hydrogen-bond donors (Lipinski definition) is 3. The van der Waals surface area contributed by atoms with E-state index >= 15 is 0 Å². The van der Waals surface area contributed by atoms with Crippen LogP contribution in [-0.4, -0.2) is 68.5 Å². The van der Waals surface area contributed by atoms with Crippen LogP contribution >= 0.6 is 0 Å². The molecule has 2 aliphatic heterocycles. The minimum Gasteiger partial charge on any atom is -0.457 e. The second-order valence-electron chi connectivity index (χ2n) is 12.2. The van der Waals surface area contributed by atoms with Gasteiger partial charge in [-0.15, -0.1) is 5.12 Å². The normalized spacial score (nSPS) is 25.8. The SMILES string of the molecule is C[C@@H]1NC(=O)[C@H](Cc2cccnc2)NC(=O)C(C)(C)/C=C/c2cc3cc(ccc3cn2)[C@@H](C)OC(=O)[C@@H]2CCCN(C1=O)N2N. The van der Waals surface area contributed by atoms with Crippen molar-refractivity contribution in [1.29, 1.82) is 0 Å². The van der Waals surface area contributed by atoms with Gasteiger partial charge in [-0.3, -0.25) is 34.2 Å². The molecule has 3 aromatic rings. The molecule has 12 nitrogen and oxygen atoms in total. The van der Waals surface area contributed by atoms with Crippen molar-refractivity contribution in [2.75, 3.05) is 6.54 Å². The summed E-state index contributed by atoms with van der Waals surface area (Å²) in [5, 5.41) is 9.77. The molecule has 4 N–H and O–H groups in total. The standard InChI is InChI=1S/C33H39N7O5/c1-20-30(42)39-14-6-8-28(40(39)34)31(43)45-21(2)23-9-10-24-19-36-26(17-25(24)16-23)11-12-33(3,4)32(44)38-27(29(41)37-20)15-22-7-5-13-35-18-22/h5,7,9-13,16-21,27-28H,6,8,14-15,34H2,1-4H3,(H,37,41)(H,38,44)/b12-11+/t20-,21+,27-,28-/m0/s1. The number of fused-ring (bicyclic) bond motifs is 4. The van der Waals surface area contributed by atoms with Crippen LogP contribution in [0.5, 0.6) is 0 Å². The molecule has 5 bridgehead atoms. The highest BCUT2D eigenvalue weighted by atomic mass is 16.5. The minimum absolute atomic E-state index is 0.152. The van der Waals surface area contributed by atoms with Crippen molar-refractivity contribution in [2.45, 2.75) is 71.2 Å². The molecule has 0 aliphatic carbocycles. The molecule has 12 heteroatoms. The molecule has 2 aliphatic rings. The maximum Gasteiger partial charge on any atom is 0.327 e. The average molecular weight is 614 g/mol. The highest BCUT2D eigenvalue weighted by molar-refractivity contribution is 5.94. The molecule has 236 valence electrons. The molecule has 0 unspecified atom stereocenters. The third kappa shape index (κ3) is 7.18. The van der Waals surface area contributed by atoms with Crippen LogP contribution in [0.1, 0.15) is 63.5 Å². The van der Waals surface area contributed by atoms with Gasteiger partial charge >= 0.3 is 5.97 Å². The number of ether oxygens (including phenoxy) is 1. The molecule has 3 amide bonds. The number of cyclic esters (lactones) is 1. The van der Waals surface area contributed by atoms with Crippen LogP contribution < -0.4 is 16.5 Å². The van der Waals surface area contributed by atoms with Crippen LogP contribution in [0.2, 0.25) is 0 Å². The summed E-state index contributed by atoms with van der Waals surface area (Å²) in [5.41, 5.74) is 1.13. The van der Waals surface area contributed by atoms with Crippen molar-refractivity contribution in [3.8, 4) is 0 Å². The molecule has 0 radical (unpaired) electrons. The number of carbonyl (C=O) groups excluding carboxylic acids is 4. The Bertz CT molecular complexity index is 1630. The lowest BCUT2D eigenvalue weighted by atomic mass is 9.90. The third-order valence-corrected chi connectivity index (χ3v) is 8.27. The fourth-order valence-electron chi connectivity index (χ4n) is 5.42. The Morgan fingerprint density at radius 1 is 1.04 bits per heavy atom. The van der Waals surface area contributed by atoms with E-state index in [0.29, 0.717) is 18.5 Å². The molecular formula is C33H39N7O5. The Morgan fingerprint density at radius 2 is 1.84 bits per heavy atom. The Balaban J connectivity index is 1.51. The van der Waals surface area contributed by atoms with E-state index in [-0.39, 0.29) is 18.9 Å². The Hall–Kier alpha value is -4.68. The summed E-state index contributed by atoms with van der Waals surface area (Å²) < 4.78 is 5.83. The molecule has 1 aromatic carbocycles. The zero-order valence-electron chi connectivity index (χ0n) is 25.9. The van der Waals surface area contributed by atoms with E-state index in [2.05, 4.69) is 20.6 Å². The van der Waals surface area contributed by atoms with Crippen molar-refractivity contribution in [3.05, 3.63) is 77.9 Å². The van der Waals surface area contributed by atoms with Gasteiger partial charge in [0.15, 0.2) is 0 Å².